The monoisotopic (exact) mass is 715 g/mol. The number of rotatable bonds is 8. The number of fused-ring (bicyclic) bond motifs is 3. The zero-order valence-corrected chi connectivity index (χ0v) is 30.7. The summed E-state index contributed by atoms with van der Waals surface area (Å²) in [6, 6.07) is 76.1. The van der Waals surface area contributed by atoms with Gasteiger partial charge in [-0.3, -0.25) is 4.98 Å². The molecule has 3 nitrogen and oxygen atoms in total. The van der Waals surface area contributed by atoms with E-state index in [1.54, 1.807) is 0 Å². The minimum absolute atomic E-state index is 1.09. The van der Waals surface area contributed by atoms with Crippen LogP contribution >= 0.6 is 0 Å². The highest BCUT2D eigenvalue weighted by Crippen LogP contribution is 2.39. The molecule has 0 fully saturated rings. The van der Waals surface area contributed by atoms with Gasteiger partial charge in [0.1, 0.15) is 0 Å². The second-order valence-electron chi connectivity index (χ2n) is 14.1. The van der Waals surface area contributed by atoms with E-state index in [-0.39, 0.29) is 0 Å². The molecule has 56 heavy (non-hydrogen) atoms. The van der Waals surface area contributed by atoms with Crippen molar-refractivity contribution in [3.05, 3.63) is 225 Å². The van der Waals surface area contributed by atoms with Crippen LogP contribution in [0.1, 0.15) is 0 Å². The van der Waals surface area contributed by atoms with Crippen LogP contribution in [0.4, 0.5) is 17.1 Å². The highest BCUT2D eigenvalue weighted by Gasteiger charge is 2.16. The molecule has 0 amide bonds. The van der Waals surface area contributed by atoms with Gasteiger partial charge in [0.2, 0.25) is 0 Å². The fourth-order valence-corrected chi connectivity index (χ4v) is 7.89. The SMILES string of the molecule is c1ccc(-c2ccc(-c3ccc(N(c4ccc(-c5ccccc5)cc4)c4ccc(-c5cccc(-n6c7ccccc7c7ccncc76)c5)cc4)cc3)cc2)cc1. The predicted octanol–water partition coefficient (Wildman–Crippen LogP) is 14.3. The van der Waals surface area contributed by atoms with Crippen LogP contribution in [0, 0.1) is 0 Å². The number of nitrogens with zero attached hydrogens (tertiary/aromatic N) is 3. The molecule has 3 heteroatoms. The predicted molar refractivity (Wildman–Crippen MR) is 235 cm³/mol. The van der Waals surface area contributed by atoms with Crippen molar-refractivity contribution in [2.75, 3.05) is 4.90 Å². The van der Waals surface area contributed by atoms with Gasteiger partial charge in [-0.05, 0) is 105 Å². The summed E-state index contributed by atoms with van der Waals surface area (Å²) in [6.07, 6.45) is 3.84. The Balaban J connectivity index is 0.995. The topological polar surface area (TPSA) is 21.1 Å². The van der Waals surface area contributed by atoms with E-state index < -0.39 is 0 Å². The van der Waals surface area contributed by atoms with Gasteiger partial charge in [-0.2, -0.15) is 0 Å². The number of anilines is 3. The Bertz CT molecular complexity index is 2860. The molecule has 0 saturated carbocycles. The molecule has 0 aliphatic rings. The van der Waals surface area contributed by atoms with E-state index in [9.17, 15) is 0 Å². The van der Waals surface area contributed by atoms with E-state index in [0.29, 0.717) is 0 Å². The average Bonchev–Trinajstić information content (AvgIpc) is 3.62. The minimum Gasteiger partial charge on any atom is -0.311 e. The molecule has 0 unspecified atom stereocenters. The number of hydrogen-bond donors (Lipinski definition) is 0. The lowest BCUT2D eigenvalue weighted by Gasteiger charge is -2.26. The molecule has 0 saturated heterocycles. The lowest BCUT2D eigenvalue weighted by Crippen LogP contribution is -2.09. The zero-order chi connectivity index (χ0) is 37.3. The molecular weight excluding hydrogens is 679 g/mol. The van der Waals surface area contributed by atoms with Crippen molar-refractivity contribution in [3.63, 3.8) is 0 Å². The van der Waals surface area contributed by atoms with Crippen LogP contribution in [0.15, 0.2) is 225 Å². The third-order valence-electron chi connectivity index (χ3n) is 10.7. The van der Waals surface area contributed by atoms with Crippen molar-refractivity contribution >= 4 is 38.9 Å². The first kappa shape index (κ1) is 33.1. The number of pyridine rings is 1. The standard InChI is InChI=1S/C53H37N3/c1-3-10-38(11-4-1)40-18-20-41(21-19-40)43-24-30-47(31-25-43)55(46-28-22-42(23-29-46)39-12-5-2-6-13-39)48-32-26-44(27-33-48)45-14-9-15-49(36-45)56-52-17-8-7-16-50(52)51-34-35-54-37-53(51)56/h1-37H. The molecule has 0 aliphatic carbocycles. The van der Waals surface area contributed by atoms with Gasteiger partial charge in [-0.15, -0.1) is 0 Å². The highest BCUT2D eigenvalue weighted by atomic mass is 15.1. The molecule has 0 spiro atoms. The van der Waals surface area contributed by atoms with E-state index in [1.165, 1.54) is 49.7 Å². The third-order valence-corrected chi connectivity index (χ3v) is 10.7. The molecule has 264 valence electrons. The lowest BCUT2D eigenvalue weighted by molar-refractivity contribution is 1.17. The number of para-hydroxylation sites is 1. The first-order valence-corrected chi connectivity index (χ1v) is 19.0. The molecule has 0 atom stereocenters. The van der Waals surface area contributed by atoms with Crippen molar-refractivity contribution in [1.82, 2.24) is 9.55 Å². The zero-order valence-electron chi connectivity index (χ0n) is 30.7. The van der Waals surface area contributed by atoms with Crippen LogP contribution in [-0.2, 0) is 0 Å². The normalized spacial score (nSPS) is 11.2. The minimum atomic E-state index is 1.09. The maximum absolute atomic E-state index is 4.48. The Hall–Kier alpha value is -7.49. The highest BCUT2D eigenvalue weighted by molar-refractivity contribution is 6.09. The molecule has 2 aromatic heterocycles. The first-order valence-electron chi connectivity index (χ1n) is 19.0. The number of aromatic nitrogens is 2. The van der Waals surface area contributed by atoms with Gasteiger partial charge < -0.3 is 9.47 Å². The summed E-state index contributed by atoms with van der Waals surface area (Å²) in [5.41, 5.74) is 16.2. The van der Waals surface area contributed by atoms with Crippen LogP contribution < -0.4 is 4.90 Å². The Morgan fingerprint density at radius 1 is 0.321 bits per heavy atom. The Morgan fingerprint density at radius 2 is 0.732 bits per heavy atom. The van der Waals surface area contributed by atoms with Crippen LogP contribution in [0.5, 0.6) is 0 Å². The van der Waals surface area contributed by atoms with Crippen molar-refractivity contribution in [1.29, 1.82) is 0 Å². The van der Waals surface area contributed by atoms with E-state index in [1.807, 2.05) is 12.4 Å². The van der Waals surface area contributed by atoms with Crippen LogP contribution in [0.3, 0.4) is 0 Å². The summed E-state index contributed by atoms with van der Waals surface area (Å²) in [6.45, 7) is 0. The Kier molecular flexibility index (Phi) is 8.51. The molecule has 0 N–H and O–H groups in total. The summed E-state index contributed by atoms with van der Waals surface area (Å²) in [4.78, 5) is 6.81. The number of benzene rings is 8. The van der Waals surface area contributed by atoms with E-state index in [0.717, 1.165) is 39.4 Å². The van der Waals surface area contributed by atoms with Crippen LogP contribution in [0.2, 0.25) is 0 Å². The Morgan fingerprint density at radius 3 is 1.27 bits per heavy atom. The molecule has 10 aromatic rings. The summed E-state index contributed by atoms with van der Waals surface area (Å²) in [5.74, 6) is 0. The quantitative estimate of drug-likeness (QED) is 0.156. The fourth-order valence-electron chi connectivity index (χ4n) is 7.89. The van der Waals surface area contributed by atoms with Gasteiger partial charge in [-0.1, -0.05) is 152 Å². The van der Waals surface area contributed by atoms with E-state index >= 15 is 0 Å². The largest absolute Gasteiger partial charge is 0.311 e. The molecule has 0 bridgehead atoms. The van der Waals surface area contributed by atoms with Crippen LogP contribution in [-0.4, -0.2) is 9.55 Å². The summed E-state index contributed by atoms with van der Waals surface area (Å²) >= 11 is 0. The molecule has 10 rings (SSSR count). The van der Waals surface area contributed by atoms with E-state index in [4.69, 9.17) is 0 Å². The fraction of sp³-hybridized carbons (Fsp3) is 0. The molecule has 0 aliphatic heterocycles. The van der Waals surface area contributed by atoms with Gasteiger partial charge in [0.05, 0.1) is 17.2 Å². The maximum atomic E-state index is 4.48. The molecule has 2 heterocycles. The summed E-state index contributed by atoms with van der Waals surface area (Å²) < 4.78 is 2.32. The van der Waals surface area contributed by atoms with Gasteiger partial charge in [0.15, 0.2) is 0 Å². The van der Waals surface area contributed by atoms with Crippen LogP contribution in [0.25, 0.3) is 72.0 Å². The first-order chi connectivity index (χ1) is 27.8. The van der Waals surface area contributed by atoms with E-state index in [2.05, 4.69) is 227 Å². The molecular formula is C53H37N3. The van der Waals surface area contributed by atoms with Crippen molar-refractivity contribution in [2.24, 2.45) is 0 Å². The smallest absolute Gasteiger partial charge is 0.0724 e. The summed E-state index contributed by atoms with van der Waals surface area (Å²) in [5, 5.41) is 2.43. The second-order valence-corrected chi connectivity index (χ2v) is 14.1. The van der Waals surface area contributed by atoms with Crippen molar-refractivity contribution in [2.45, 2.75) is 0 Å². The average molecular weight is 716 g/mol. The Labute approximate surface area is 327 Å². The van der Waals surface area contributed by atoms with Crippen molar-refractivity contribution in [3.8, 4) is 50.2 Å². The maximum Gasteiger partial charge on any atom is 0.0724 e. The molecule has 8 aromatic carbocycles. The van der Waals surface area contributed by atoms with Gasteiger partial charge in [0, 0.05) is 39.7 Å². The molecule has 0 radical (unpaired) electrons. The second kappa shape index (κ2) is 14.4. The third kappa shape index (κ3) is 6.21. The van der Waals surface area contributed by atoms with Gasteiger partial charge in [0.25, 0.3) is 0 Å². The van der Waals surface area contributed by atoms with Crippen molar-refractivity contribution < 1.29 is 0 Å². The number of hydrogen-bond acceptors (Lipinski definition) is 2. The van der Waals surface area contributed by atoms with Gasteiger partial charge in [-0.25, -0.2) is 0 Å². The summed E-state index contributed by atoms with van der Waals surface area (Å²) in [7, 11) is 0. The lowest BCUT2D eigenvalue weighted by atomic mass is 10.00. The van der Waals surface area contributed by atoms with Gasteiger partial charge >= 0.3 is 0 Å².